The van der Waals surface area contributed by atoms with Crippen LogP contribution < -0.4 is 0 Å². The molecule has 0 saturated heterocycles. The number of nitriles is 1. The van der Waals surface area contributed by atoms with E-state index in [9.17, 15) is 4.57 Å². The largest absolute Gasteiger partial charge is 0.537 e. The van der Waals surface area contributed by atoms with Gasteiger partial charge in [0.15, 0.2) is 0 Å². The van der Waals surface area contributed by atoms with Crippen molar-refractivity contribution in [2.24, 2.45) is 0 Å². The Hall–Kier alpha value is -0.560. The van der Waals surface area contributed by atoms with E-state index in [0.717, 1.165) is 6.26 Å². The van der Waals surface area contributed by atoms with Gasteiger partial charge in [0.2, 0.25) is 0 Å². The maximum absolute atomic E-state index is 10.3. The van der Waals surface area contributed by atoms with E-state index in [1.165, 1.54) is 6.92 Å². The molecular formula is C3H6NO4P. The third-order valence-corrected chi connectivity index (χ3v) is 1.35. The molecule has 1 atom stereocenters. The maximum atomic E-state index is 10.3. The highest BCUT2D eigenvalue weighted by molar-refractivity contribution is 7.47. The predicted molar refractivity (Wildman–Crippen MR) is 28.1 cm³/mol. The minimum atomic E-state index is -4.05. The van der Waals surface area contributed by atoms with E-state index in [0.29, 0.717) is 0 Å². The molecule has 1 N–H and O–H groups in total. The summed E-state index contributed by atoms with van der Waals surface area (Å²) in [7, 11) is -4.05. The molecule has 0 aromatic rings. The first-order valence-corrected chi connectivity index (χ1v) is 3.67. The molecule has 0 aliphatic rings. The van der Waals surface area contributed by atoms with E-state index in [4.69, 9.17) is 10.2 Å². The third kappa shape index (κ3) is 3.98. The van der Waals surface area contributed by atoms with Crippen LogP contribution in [0.2, 0.25) is 0 Å². The highest BCUT2D eigenvalue weighted by Crippen LogP contribution is 2.42. The van der Waals surface area contributed by atoms with Gasteiger partial charge in [-0.15, -0.1) is 5.26 Å². The fourth-order valence-corrected chi connectivity index (χ4v) is 0.723. The van der Waals surface area contributed by atoms with Gasteiger partial charge in [0, 0.05) is 0 Å². The van der Waals surface area contributed by atoms with Crippen molar-refractivity contribution in [1.82, 2.24) is 0 Å². The Morgan fingerprint density at radius 1 is 1.89 bits per heavy atom. The predicted octanol–water partition coefficient (Wildman–Crippen LogP) is 0.621. The fourth-order valence-electron chi connectivity index (χ4n) is 0.241. The average Bonchev–Trinajstić information content (AvgIpc) is 1.64. The number of phosphoric ester groups is 1. The van der Waals surface area contributed by atoms with Gasteiger partial charge in [-0.3, -0.25) is 9.42 Å². The zero-order valence-electron chi connectivity index (χ0n) is 4.77. The topological polar surface area (TPSA) is 79.6 Å². The average molecular weight is 151 g/mol. The first-order chi connectivity index (χ1) is 4.12. The summed E-state index contributed by atoms with van der Waals surface area (Å²) in [5, 5.41) is 7.74. The van der Waals surface area contributed by atoms with E-state index < -0.39 is 7.82 Å². The van der Waals surface area contributed by atoms with E-state index in [1.807, 2.05) is 0 Å². The van der Waals surface area contributed by atoms with Crippen molar-refractivity contribution in [3.63, 3.8) is 0 Å². The van der Waals surface area contributed by atoms with Crippen LogP contribution in [0.3, 0.4) is 0 Å². The van der Waals surface area contributed by atoms with Gasteiger partial charge in [-0.2, -0.15) is 0 Å². The lowest BCUT2D eigenvalue weighted by Gasteiger charge is -2.02. The van der Waals surface area contributed by atoms with Gasteiger partial charge in [0.05, 0.1) is 6.61 Å². The van der Waals surface area contributed by atoms with Crippen LogP contribution in [-0.2, 0) is 13.6 Å². The molecule has 0 saturated carbocycles. The van der Waals surface area contributed by atoms with Gasteiger partial charge in [-0.1, -0.05) is 0 Å². The first-order valence-electron chi connectivity index (χ1n) is 2.17. The van der Waals surface area contributed by atoms with Crippen LogP contribution in [0.1, 0.15) is 6.92 Å². The van der Waals surface area contributed by atoms with Crippen LogP contribution >= 0.6 is 7.82 Å². The molecule has 5 nitrogen and oxygen atoms in total. The van der Waals surface area contributed by atoms with Crippen LogP contribution in [0.25, 0.3) is 0 Å². The van der Waals surface area contributed by atoms with Gasteiger partial charge in [0.1, 0.15) is 0 Å². The van der Waals surface area contributed by atoms with Crippen LogP contribution in [0.5, 0.6) is 0 Å². The zero-order valence-corrected chi connectivity index (χ0v) is 5.67. The van der Waals surface area contributed by atoms with Crippen LogP contribution in [0.15, 0.2) is 0 Å². The molecule has 0 radical (unpaired) electrons. The second kappa shape index (κ2) is 3.46. The normalized spacial score (nSPS) is 15.7. The monoisotopic (exact) mass is 151 g/mol. The van der Waals surface area contributed by atoms with Crippen molar-refractivity contribution in [2.45, 2.75) is 6.92 Å². The molecule has 0 rings (SSSR count). The molecule has 0 aromatic carbocycles. The maximum Gasteiger partial charge on any atom is 0.537 e. The molecule has 52 valence electrons. The summed E-state index contributed by atoms with van der Waals surface area (Å²) in [5.41, 5.74) is 0. The third-order valence-electron chi connectivity index (χ3n) is 0.448. The molecule has 0 aliphatic carbocycles. The second-order valence-electron chi connectivity index (χ2n) is 1.07. The molecule has 0 spiro atoms. The van der Waals surface area contributed by atoms with Gasteiger partial charge in [0.25, 0.3) is 6.26 Å². The van der Waals surface area contributed by atoms with Crippen molar-refractivity contribution < 1.29 is 18.5 Å². The van der Waals surface area contributed by atoms with E-state index in [1.54, 1.807) is 0 Å². The summed E-state index contributed by atoms with van der Waals surface area (Å²) < 4.78 is 18.1. The molecule has 0 bridgehead atoms. The molecule has 0 aromatic heterocycles. The van der Waals surface area contributed by atoms with Gasteiger partial charge >= 0.3 is 7.82 Å². The quantitative estimate of drug-likeness (QED) is 0.472. The Labute approximate surface area is 52.4 Å². The van der Waals surface area contributed by atoms with Crippen LogP contribution in [0, 0.1) is 11.5 Å². The molecule has 0 amide bonds. The van der Waals surface area contributed by atoms with Gasteiger partial charge in [-0.05, 0) is 6.92 Å². The minimum Gasteiger partial charge on any atom is -0.328 e. The summed E-state index contributed by atoms with van der Waals surface area (Å²) in [6.07, 6.45) is 1.05. The van der Waals surface area contributed by atoms with Gasteiger partial charge in [-0.25, -0.2) is 4.57 Å². The lowest BCUT2D eigenvalue weighted by Crippen LogP contribution is -1.88. The van der Waals surface area contributed by atoms with Crippen molar-refractivity contribution in [3.8, 4) is 6.26 Å². The minimum absolute atomic E-state index is 0.0372. The second-order valence-corrected chi connectivity index (χ2v) is 2.45. The van der Waals surface area contributed by atoms with Gasteiger partial charge < -0.3 is 4.52 Å². The first kappa shape index (κ1) is 8.44. The number of rotatable bonds is 3. The van der Waals surface area contributed by atoms with E-state index in [-0.39, 0.29) is 6.61 Å². The Bertz CT molecular complexity index is 162. The lowest BCUT2D eigenvalue weighted by molar-refractivity contribution is 0.202. The van der Waals surface area contributed by atoms with Crippen molar-refractivity contribution in [1.29, 1.82) is 5.26 Å². The Morgan fingerprint density at radius 2 is 2.44 bits per heavy atom. The summed E-state index contributed by atoms with van der Waals surface area (Å²) in [6, 6.07) is 0. The molecule has 0 heterocycles. The number of hydrogen-bond acceptors (Lipinski definition) is 4. The van der Waals surface area contributed by atoms with E-state index in [2.05, 4.69) is 9.05 Å². The summed E-state index contributed by atoms with van der Waals surface area (Å²) in [6.45, 7) is 1.55. The van der Waals surface area contributed by atoms with E-state index >= 15 is 0 Å². The standard InChI is InChI=1S/C3H6NO4P/c1-2-7-9(5,6)8-3-4/h2H2,1H3,(H,5,6). The van der Waals surface area contributed by atoms with Crippen molar-refractivity contribution >= 4 is 7.82 Å². The highest BCUT2D eigenvalue weighted by atomic mass is 31.2. The molecule has 0 fully saturated rings. The molecular weight excluding hydrogens is 145 g/mol. The number of hydrogen-bond donors (Lipinski definition) is 1. The summed E-state index contributed by atoms with van der Waals surface area (Å²) >= 11 is 0. The number of phosphoric acid groups is 1. The zero-order chi connectivity index (χ0) is 7.33. The lowest BCUT2D eigenvalue weighted by atomic mass is 10.9. The smallest absolute Gasteiger partial charge is 0.328 e. The Balaban J connectivity index is 3.75. The summed E-state index contributed by atoms with van der Waals surface area (Å²) in [5.74, 6) is 0. The SMILES string of the molecule is CCOP(=O)(O)OC#N. The number of nitrogens with zero attached hydrogens (tertiary/aromatic N) is 1. The Morgan fingerprint density at radius 3 is 2.78 bits per heavy atom. The fraction of sp³-hybridized carbons (Fsp3) is 0.667. The van der Waals surface area contributed by atoms with Crippen LogP contribution in [-0.4, -0.2) is 11.5 Å². The van der Waals surface area contributed by atoms with Crippen LogP contribution in [0.4, 0.5) is 0 Å². The van der Waals surface area contributed by atoms with Crippen molar-refractivity contribution in [3.05, 3.63) is 0 Å². The molecule has 9 heavy (non-hydrogen) atoms. The Kier molecular flexibility index (Phi) is 3.25. The highest BCUT2D eigenvalue weighted by Gasteiger charge is 2.20. The van der Waals surface area contributed by atoms with Crippen molar-refractivity contribution in [2.75, 3.05) is 6.61 Å². The molecule has 6 heteroatoms. The molecule has 1 unspecified atom stereocenters. The molecule has 0 aliphatic heterocycles. The summed E-state index contributed by atoms with van der Waals surface area (Å²) in [4.78, 5) is 8.40.